The van der Waals surface area contributed by atoms with Crippen LogP contribution < -0.4 is 10.1 Å². The van der Waals surface area contributed by atoms with E-state index in [0.717, 1.165) is 23.3 Å². The van der Waals surface area contributed by atoms with Crippen molar-refractivity contribution in [1.82, 2.24) is 5.32 Å². The SMILES string of the molecule is O=C(NCCc1ccc2c(c1)CCO2)C(F)(F)C1(O)CCC1. The highest BCUT2D eigenvalue weighted by molar-refractivity contribution is 5.85. The standard InChI is InChI=1S/C16H19F2NO3/c17-16(18,15(21)6-1-7-15)14(20)19-8-4-11-2-3-13-12(10-11)5-9-22-13/h2-3,10,21H,1,4-9H2,(H,19,20). The highest BCUT2D eigenvalue weighted by Gasteiger charge is 2.60. The van der Waals surface area contributed by atoms with Gasteiger partial charge in [-0.15, -0.1) is 0 Å². The number of aliphatic hydroxyl groups is 1. The van der Waals surface area contributed by atoms with Gasteiger partial charge in [-0.1, -0.05) is 12.1 Å². The number of carbonyl (C=O) groups excluding carboxylic acids is 1. The number of alkyl halides is 2. The molecule has 1 aromatic rings. The van der Waals surface area contributed by atoms with E-state index in [-0.39, 0.29) is 19.4 Å². The molecule has 1 heterocycles. The molecule has 2 aliphatic rings. The van der Waals surface area contributed by atoms with Gasteiger partial charge >= 0.3 is 5.92 Å². The molecule has 0 aromatic heterocycles. The van der Waals surface area contributed by atoms with Crippen molar-refractivity contribution in [3.8, 4) is 5.75 Å². The number of fused-ring (bicyclic) bond motifs is 1. The Morgan fingerprint density at radius 3 is 2.86 bits per heavy atom. The zero-order valence-corrected chi connectivity index (χ0v) is 12.2. The second-order valence-electron chi connectivity index (χ2n) is 6.01. The number of ether oxygens (including phenoxy) is 1. The van der Waals surface area contributed by atoms with Crippen LogP contribution in [0.25, 0.3) is 0 Å². The van der Waals surface area contributed by atoms with E-state index in [0.29, 0.717) is 19.4 Å². The van der Waals surface area contributed by atoms with Crippen LogP contribution in [-0.2, 0) is 17.6 Å². The van der Waals surface area contributed by atoms with Crippen LogP contribution >= 0.6 is 0 Å². The van der Waals surface area contributed by atoms with Crippen molar-refractivity contribution in [3.63, 3.8) is 0 Å². The second kappa shape index (κ2) is 5.50. The summed E-state index contributed by atoms with van der Waals surface area (Å²) in [7, 11) is 0. The minimum atomic E-state index is -3.73. The van der Waals surface area contributed by atoms with Crippen molar-refractivity contribution < 1.29 is 23.4 Å². The minimum absolute atomic E-state index is 0.0295. The van der Waals surface area contributed by atoms with Crippen LogP contribution in [0.5, 0.6) is 5.75 Å². The third kappa shape index (κ3) is 2.56. The second-order valence-corrected chi connectivity index (χ2v) is 6.01. The molecule has 0 bridgehead atoms. The van der Waals surface area contributed by atoms with E-state index >= 15 is 0 Å². The van der Waals surface area contributed by atoms with Crippen molar-refractivity contribution in [2.24, 2.45) is 0 Å². The van der Waals surface area contributed by atoms with Gasteiger partial charge in [0.15, 0.2) is 0 Å². The number of rotatable bonds is 5. The van der Waals surface area contributed by atoms with Crippen LogP contribution in [0.1, 0.15) is 30.4 Å². The lowest BCUT2D eigenvalue weighted by Gasteiger charge is -2.41. The Morgan fingerprint density at radius 2 is 2.18 bits per heavy atom. The molecule has 1 amide bonds. The Kier molecular flexibility index (Phi) is 3.80. The molecule has 0 radical (unpaired) electrons. The maximum Gasteiger partial charge on any atom is 0.352 e. The molecule has 1 fully saturated rings. The van der Waals surface area contributed by atoms with Gasteiger partial charge in [0.05, 0.1) is 6.61 Å². The van der Waals surface area contributed by atoms with Crippen LogP contribution in [-0.4, -0.2) is 35.7 Å². The van der Waals surface area contributed by atoms with Crippen molar-refractivity contribution in [3.05, 3.63) is 29.3 Å². The molecular weight excluding hydrogens is 292 g/mol. The normalized spacial score (nSPS) is 19.0. The first-order valence-electron chi connectivity index (χ1n) is 7.55. The molecule has 22 heavy (non-hydrogen) atoms. The van der Waals surface area contributed by atoms with E-state index in [1.54, 1.807) is 0 Å². The summed E-state index contributed by atoms with van der Waals surface area (Å²) in [5.74, 6) is -4.25. The highest BCUT2D eigenvalue weighted by Crippen LogP contribution is 2.44. The van der Waals surface area contributed by atoms with Gasteiger partial charge in [0.25, 0.3) is 5.91 Å². The van der Waals surface area contributed by atoms with E-state index in [1.807, 2.05) is 18.2 Å². The summed E-state index contributed by atoms with van der Waals surface area (Å²) in [6, 6.07) is 5.71. The fraction of sp³-hybridized carbons (Fsp3) is 0.562. The molecule has 120 valence electrons. The zero-order chi connectivity index (χ0) is 15.8. The van der Waals surface area contributed by atoms with Crippen molar-refractivity contribution >= 4 is 5.91 Å². The van der Waals surface area contributed by atoms with Gasteiger partial charge in [-0.2, -0.15) is 8.78 Å². The predicted octanol–water partition coefficient (Wildman–Crippen LogP) is 1.83. The topological polar surface area (TPSA) is 58.6 Å². The Bertz CT molecular complexity index is 585. The fourth-order valence-electron chi connectivity index (χ4n) is 2.86. The maximum atomic E-state index is 13.9. The molecule has 0 atom stereocenters. The largest absolute Gasteiger partial charge is 0.493 e. The summed E-state index contributed by atoms with van der Waals surface area (Å²) in [6.07, 6.45) is 1.78. The van der Waals surface area contributed by atoms with Gasteiger partial charge in [0, 0.05) is 13.0 Å². The average molecular weight is 311 g/mol. The quantitative estimate of drug-likeness (QED) is 0.872. The van der Waals surface area contributed by atoms with Crippen LogP contribution in [0.15, 0.2) is 18.2 Å². The minimum Gasteiger partial charge on any atom is -0.493 e. The van der Waals surface area contributed by atoms with Gasteiger partial charge in [0.1, 0.15) is 11.4 Å². The number of benzene rings is 1. The van der Waals surface area contributed by atoms with E-state index in [1.165, 1.54) is 0 Å². The number of carbonyl (C=O) groups is 1. The molecule has 1 aliphatic heterocycles. The fourth-order valence-corrected chi connectivity index (χ4v) is 2.86. The molecule has 6 heteroatoms. The van der Waals surface area contributed by atoms with E-state index in [9.17, 15) is 18.7 Å². The molecule has 4 nitrogen and oxygen atoms in total. The number of hydrogen-bond donors (Lipinski definition) is 2. The molecule has 0 unspecified atom stereocenters. The summed E-state index contributed by atoms with van der Waals surface area (Å²) >= 11 is 0. The average Bonchev–Trinajstić information content (AvgIpc) is 2.91. The molecule has 2 N–H and O–H groups in total. The third-order valence-corrected chi connectivity index (χ3v) is 4.50. The molecule has 1 saturated carbocycles. The van der Waals surface area contributed by atoms with E-state index in [4.69, 9.17) is 4.74 Å². The summed E-state index contributed by atoms with van der Waals surface area (Å²) in [4.78, 5) is 11.6. The third-order valence-electron chi connectivity index (χ3n) is 4.50. The predicted molar refractivity (Wildman–Crippen MR) is 76.1 cm³/mol. The van der Waals surface area contributed by atoms with Crippen LogP contribution in [0.4, 0.5) is 8.78 Å². The van der Waals surface area contributed by atoms with Crippen molar-refractivity contribution in [2.75, 3.05) is 13.2 Å². The lowest BCUT2D eigenvalue weighted by molar-refractivity contribution is -0.215. The van der Waals surface area contributed by atoms with E-state index in [2.05, 4.69) is 5.32 Å². The smallest absolute Gasteiger partial charge is 0.352 e. The Balaban J connectivity index is 1.53. The number of halogens is 2. The lowest BCUT2D eigenvalue weighted by Crippen LogP contribution is -2.60. The first kappa shape index (κ1) is 15.2. The number of amides is 1. The van der Waals surface area contributed by atoms with Crippen molar-refractivity contribution in [2.45, 2.75) is 43.6 Å². The lowest BCUT2D eigenvalue weighted by atomic mass is 9.75. The first-order valence-corrected chi connectivity index (χ1v) is 7.55. The van der Waals surface area contributed by atoms with Gasteiger partial charge in [-0.3, -0.25) is 4.79 Å². The summed E-state index contributed by atoms with van der Waals surface area (Å²) < 4.78 is 33.1. The molecular formula is C16H19F2NO3. The molecule has 0 spiro atoms. The monoisotopic (exact) mass is 311 g/mol. The highest BCUT2D eigenvalue weighted by atomic mass is 19.3. The molecule has 0 saturated heterocycles. The Labute approximate surface area is 127 Å². The summed E-state index contributed by atoms with van der Waals surface area (Å²) in [5, 5.41) is 11.9. The van der Waals surface area contributed by atoms with Crippen LogP contribution in [0.2, 0.25) is 0 Å². The molecule has 1 aromatic carbocycles. The van der Waals surface area contributed by atoms with Gasteiger partial charge in [-0.25, -0.2) is 0 Å². The van der Waals surface area contributed by atoms with Crippen LogP contribution in [0.3, 0.4) is 0 Å². The first-order chi connectivity index (χ1) is 10.4. The van der Waals surface area contributed by atoms with Crippen LogP contribution in [0, 0.1) is 0 Å². The van der Waals surface area contributed by atoms with Gasteiger partial charge in [-0.05, 0) is 42.9 Å². The molecule has 1 aliphatic carbocycles. The summed E-state index contributed by atoms with van der Waals surface area (Å²) in [5.41, 5.74) is -0.0877. The Hall–Kier alpha value is -1.69. The number of hydrogen-bond acceptors (Lipinski definition) is 3. The van der Waals surface area contributed by atoms with Crippen molar-refractivity contribution in [1.29, 1.82) is 0 Å². The number of nitrogens with one attached hydrogen (secondary N) is 1. The van der Waals surface area contributed by atoms with Gasteiger partial charge < -0.3 is 15.2 Å². The molecule has 3 rings (SSSR count). The maximum absolute atomic E-state index is 13.9. The van der Waals surface area contributed by atoms with Gasteiger partial charge in [0.2, 0.25) is 0 Å². The zero-order valence-electron chi connectivity index (χ0n) is 12.2. The Morgan fingerprint density at radius 1 is 1.41 bits per heavy atom. The van der Waals surface area contributed by atoms with E-state index < -0.39 is 17.4 Å². The summed E-state index contributed by atoms with van der Waals surface area (Å²) in [6.45, 7) is 0.782.